The lowest BCUT2D eigenvalue weighted by Gasteiger charge is -2.15. The molecule has 0 spiro atoms. The van der Waals surface area contributed by atoms with E-state index in [1.807, 2.05) is 26.1 Å². The molecule has 3 rings (SSSR count). The van der Waals surface area contributed by atoms with Crippen LogP contribution >= 0.6 is 11.3 Å². The van der Waals surface area contributed by atoms with E-state index < -0.39 is 11.7 Å². The van der Waals surface area contributed by atoms with E-state index in [2.05, 4.69) is 11.9 Å². The van der Waals surface area contributed by atoms with Crippen LogP contribution in [0.25, 0.3) is 26.6 Å². The predicted octanol–water partition coefficient (Wildman–Crippen LogP) is 6.81. The van der Waals surface area contributed by atoms with Crippen molar-refractivity contribution in [3.8, 4) is 10.4 Å². The van der Waals surface area contributed by atoms with Gasteiger partial charge in [0.05, 0.1) is 0 Å². The summed E-state index contributed by atoms with van der Waals surface area (Å²) in [6.07, 6.45) is 1.76. The summed E-state index contributed by atoms with van der Waals surface area (Å²) < 4.78 is 42.6. The van der Waals surface area contributed by atoms with Gasteiger partial charge < -0.3 is 5.32 Å². The highest BCUT2D eigenvalue weighted by Gasteiger charge is 2.30. The van der Waals surface area contributed by atoms with Gasteiger partial charge in [0.2, 0.25) is 0 Å². The Hall–Kier alpha value is -2.27. The van der Waals surface area contributed by atoms with Crippen LogP contribution in [0.4, 0.5) is 18.9 Å². The van der Waals surface area contributed by atoms with Gasteiger partial charge in [-0.15, -0.1) is 11.3 Å². The minimum Gasteiger partial charge on any atom is -0.388 e. The van der Waals surface area contributed by atoms with Crippen LogP contribution in [0, 0.1) is 12.7 Å². The van der Waals surface area contributed by atoms with Gasteiger partial charge in [-0.1, -0.05) is 24.8 Å². The fraction of sp³-hybridized carbons (Fsp3) is 0.200. The average molecular weight is 361 g/mol. The number of hydrogen-bond donors (Lipinski definition) is 1. The second-order valence-electron chi connectivity index (χ2n) is 5.99. The first-order valence-corrected chi connectivity index (χ1v) is 8.64. The number of halogens is 3. The molecule has 0 aliphatic heterocycles. The number of aryl methyl sites for hydroxylation is 1. The third-order valence-corrected chi connectivity index (χ3v) is 5.69. The molecule has 0 amide bonds. The van der Waals surface area contributed by atoms with Crippen molar-refractivity contribution in [2.24, 2.45) is 0 Å². The highest BCUT2D eigenvalue weighted by Crippen LogP contribution is 2.45. The summed E-state index contributed by atoms with van der Waals surface area (Å²) in [5.74, 6) is -3.79. The summed E-state index contributed by atoms with van der Waals surface area (Å²) in [6, 6.07) is 7.50. The van der Waals surface area contributed by atoms with Crippen molar-refractivity contribution < 1.29 is 13.2 Å². The van der Waals surface area contributed by atoms with Crippen LogP contribution in [0.15, 0.2) is 36.9 Å². The van der Waals surface area contributed by atoms with Crippen LogP contribution in [0.3, 0.4) is 0 Å². The third kappa shape index (κ3) is 2.93. The fourth-order valence-electron chi connectivity index (χ4n) is 3.06. The normalized spacial score (nSPS) is 11.8. The number of benzene rings is 2. The SMILES string of the molecule is C=Cc1c(NC)ccc2c(C)c(-c3ccc(F)cc3C(C)(F)F)sc12. The Morgan fingerprint density at radius 1 is 1.20 bits per heavy atom. The highest BCUT2D eigenvalue weighted by atomic mass is 32.1. The van der Waals surface area contributed by atoms with Gasteiger partial charge in [0, 0.05) is 45.9 Å². The first-order chi connectivity index (χ1) is 11.8. The van der Waals surface area contributed by atoms with Crippen LogP contribution in [-0.2, 0) is 5.92 Å². The lowest BCUT2D eigenvalue weighted by atomic mass is 9.98. The molecule has 2 aromatic carbocycles. The Balaban J connectivity index is 2.35. The largest absolute Gasteiger partial charge is 0.388 e. The molecule has 0 aliphatic carbocycles. The number of rotatable bonds is 4. The first kappa shape index (κ1) is 17.5. The molecule has 1 nitrogen and oxygen atoms in total. The molecule has 3 aromatic rings. The summed E-state index contributed by atoms with van der Waals surface area (Å²) in [4.78, 5) is 0.725. The van der Waals surface area contributed by atoms with Gasteiger partial charge in [-0.05, 0) is 36.1 Å². The van der Waals surface area contributed by atoms with Gasteiger partial charge in [-0.2, -0.15) is 0 Å². The van der Waals surface area contributed by atoms with E-state index in [0.29, 0.717) is 5.56 Å². The van der Waals surface area contributed by atoms with Crippen molar-refractivity contribution in [1.82, 2.24) is 0 Å². The van der Waals surface area contributed by atoms with Crippen LogP contribution in [0.5, 0.6) is 0 Å². The van der Waals surface area contributed by atoms with Gasteiger partial charge in [0.25, 0.3) is 5.92 Å². The van der Waals surface area contributed by atoms with E-state index >= 15 is 0 Å². The molecule has 0 bridgehead atoms. The molecular formula is C20H18F3NS. The van der Waals surface area contributed by atoms with Crippen molar-refractivity contribution in [2.45, 2.75) is 19.8 Å². The maximum Gasteiger partial charge on any atom is 0.271 e. The van der Waals surface area contributed by atoms with Crippen molar-refractivity contribution >= 4 is 33.2 Å². The summed E-state index contributed by atoms with van der Waals surface area (Å²) in [5, 5.41) is 4.11. The Bertz CT molecular complexity index is 967. The number of nitrogens with one attached hydrogen (secondary N) is 1. The average Bonchev–Trinajstić information content (AvgIpc) is 2.90. The van der Waals surface area contributed by atoms with Gasteiger partial charge in [-0.3, -0.25) is 0 Å². The molecule has 130 valence electrons. The number of hydrogen-bond acceptors (Lipinski definition) is 2. The predicted molar refractivity (Wildman–Crippen MR) is 101 cm³/mol. The molecule has 5 heteroatoms. The zero-order chi connectivity index (χ0) is 18.4. The Morgan fingerprint density at radius 3 is 2.52 bits per heavy atom. The maximum atomic E-state index is 14.0. The molecule has 0 saturated heterocycles. The van der Waals surface area contributed by atoms with Crippen molar-refractivity contribution in [3.63, 3.8) is 0 Å². The minimum absolute atomic E-state index is 0.295. The zero-order valence-corrected chi connectivity index (χ0v) is 15.0. The molecular weight excluding hydrogens is 343 g/mol. The molecule has 0 radical (unpaired) electrons. The van der Waals surface area contributed by atoms with E-state index in [0.717, 1.165) is 44.8 Å². The van der Waals surface area contributed by atoms with Crippen molar-refractivity contribution in [1.29, 1.82) is 0 Å². The molecule has 0 aliphatic rings. The monoisotopic (exact) mass is 361 g/mol. The lowest BCUT2D eigenvalue weighted by molar-refractivity contribution is 0.0178. The van der Waals surface area contributed by atoms with Crippen molar-refractivity contribution in [2.75, 3.05) is 12.4 Å². The van der Waals surface area contributed by atoms with Crippen LogP contribution in [0.1, 0.15) is 23.6 Å². The first-order valence-electron chi connectivity index (χ1n) is 7.82. The quantitative estimate of drug-likeness (QED) is 0.538. The Kier molecular flexibility index (Phi) is 4.37. The number of thiophene rings is 1. The van der Waals surface area contributed by atoms with Gasteiger partial charge in [-0.25, -0.2) is 13.2 Å². The zero-order valence-electron chi connectivity index (χ0n) is 14.2. The van der Waals surface area contributed by atoms with Crippen LogP contribution in [0.2, 0.25) is 0 Å². The van der Waals surface area contributed by atoms with E-state index in [1.165, 1.54) is 23.5 Å². The summed E-state index contributed by atoms with van der Waals surface area (Å²) in [5.41, 5.74) is 2.84. The lowest BCUT2D eigenvalue weighted by Crippen LogP contribution is -2.09. The molecule has 1 N–H and O–H groups in total. The van der Waals surface area contributed by atoms with E-state index in [1.54, 1.807) is 6.08 Å². The second kappa shape index (κ2) is 6.23. The topological polar surface area (TPSA) is 12.0 Å². The highest BCUT2D eigenvalue weighted by molar-refractivity contribution is 7.22. The van der Waals surface area contributed by atoms with E-state index in [-0.39, 0.29) is 5.56 Å². The summed E-state index contributed by atoms with van der Waals surface area (Å²) in [6.45, 7) is 6.56. The molecule has 25 heavy (non-hydrogen) atoms. The van der Waals surface area contributed by atoms with Crippen molar-refractivity contribution in [3.05, 3.63) is 59.4 Å². The molecule has 0 fully saturated rings. The maximum absolute atomic E-state index is 14.0. The Morgan fingerprint density at radius 2 is 1.92 bits per heavy atom. The minimum atomic E-state index is -3.13. The number of anilines is 1. The van der Waals surface area contributed by atoms with Crippen LogP contribution in [-0.4, -0.2) is 7.05 Å². The molecule has 0 unspecified atom stereocenters. The van der Waals surface area contributed by atoms with E-state index in [9.17, 15) is 13.2 Å². The van der Waals surface area contributed by atoms with Gasteiger partial charge in [0.1, 0.15) is 5.82 Å². The molecule has 0 atom stereocenters. The summed E-state index contributed by atoms with van der Waals surface area (Å²) in [7, 11) is 1.82. The fourth-order valence-corrected chi connectivity index (χ4v) is 4.45. The second-order valence-corrected chi connectivity index (χ2v) is 7.01. The van der Waals surface area contributed by atoms with Gasteiger partial charge >= 0.3 is 0 Å². The standard InChI is InChI=1S/C20H18F3NS/c1-5-13-17(24-4)9-8-14-11(2)18(25-19(13)14)15-7-6-12(21)10-16(15)20(3,22)23/h5-10,24H,1H2,2-4H3. The third-order valence-electron chi connectivity index (χ3n) is 4.32. The smallest absolute Gasteiger partial charge is 0.271 e. The molecule has 0 saturated carbocycles. The van der Waals surface area contributed by atoms with Crippen LogP contribution < -0.4 is 5.32 Å². The van der Waals surface area contributed by atoms with E-state index in [4.69, 9.17) is 0 Å². The van der Waals surface area contributed by atoms with Gasteiger partial charge in [0.15, 0.2) is 0 Å². The Labute approximate surface area is 148 Å². The number of alkyl halides is 2. The number of fused-ring (bicyclic) bond motifs is 1. The molecule has 1 aromatic heterocycles. The summed E-state index contributed by atoms with van der Waals surface area (Å²) >= 11 is 1.43. The molecule has 1 heterocycles.